The monoisotopic (exact) mass is 642 g/mol. The molecular weight excluding hydrogens is 623 g/mol. The average Bonchev–Trinajstić information content (AvgIpc) is 3.43. The molecule has 1 aliphatic rings. The van der Waals surface area contributed by atoms with Crippen molar-refractivity contribution in [3.05, 3.63) is 126 Å². The molecule has 2 aromatic heterocycles. The number of benzene rings is 3. The van der Waals surface area contributed by atoms with Gasteiger partial charge in [0.2, 0.25) is 0 Å². The Morgan fingerprint density at radius 2 is 1.81 bits per heavy atom. The van der Waals surface area contributed by atoms with Gasteiger partial charge in [-0.25, -0.2) is 5.26 Å². The van der Waals surface area contributed by atoms with E-state index in [1.165, 1.54) is 11.1 Å². The molecule has 5 aromatic rings. The van der Waals surface area contributed by atoms with Crippen molar-refractivity contribution in [2.75, 3.05) is 0 Å². The fourth-order valence-corrected chi connectivity index (χ4v) is 4.13. The third-order valence-corrected chi connectivity index (χ3v) is 5.80. The van der Waals surface area contributed by atoms with Crippen LogP contribution < -0.4 is 0 Å². The molecule has 1 radical (unpaired) electrons. The van der Waals surface area contributed by atoms with Gasteiger partial charge in [-0.05, 0) is 41.3 Å². The zero-order chi connectivity index (χ0) is 24.0. The number of hydrogen-bond acceptors (Lipinski definition) is 3. The largest absolute Gasteiger partial charge is 0.371 e. The van der Waals surface area contributed by atoms with E-state index in [-0.39, 0.29) is 20.1 Å². The topological polar surface area (TPSA) is 58.9 Å². The first-order chi connectivity index (χ1) is 17.3. The van der Waals surface area contributed by atoms with E-state index in [4.69, 9.17) is 11.8 Å². The van der Waals surface area contributed by atoms with Gasteiger partial charge in [-0.2, -0.15) is 4.85 Å². The van der Waals surface area contributed by atoms with Crippen LogP contribution in [-0.4, -0.2) is 14.5 Å². The third kappa shape index (κ3) is 5.02. The molecule has 175 valence electrons. The van der Waals surface area contributed by atoms with Gasteiger partial charge in [0, 0.05) is 50.9 Å². The van der Waals surface area contributed by atoms with E-state index in [0.717, 1.165) is 29.9 Å². The van der Waals surface area contributed by atoms with E-state index in [2.05, 4.69) is 43.6 Å². The van der Waals surface area contributed by atoms with E-state index < -0.39 is 0 Å². The maximum atomic E-state index is 9.08. The van der Waals surface area contributed by atoms with Crippen LogP contribution in [0.2, 0.25) is 0 Å². The number of pyridine rings is 1. The van der Waals surface area contributed by atoms with Crippen molar-refractivity contribution < 1.29 is 20.1 Å². The molecule has 0 N–H and O–H groups in total. The molecule has 0 unspecified atom stereocenters. The van der Waals surface area contributed by atoms with Gasteiger partial charge in [0.15, 0.2) is 0 Å². The summed E-state index contributed by atoms with van der Waals surface area (Å²) in [7, 11) is 0. The summed E-state index contributed by atoms with van der Waals surface area (Å²) < 4.78 is 2.18. The van der Waals surface area contributed by atoms with Crippen molar-refractivity contribution in [3.63, 3.8) is 0 Å². The second kappa shape index (κ2) is 11.4. The second-order valence-electron chi connectivity index (χ2n) is 7.89. The molecule has 0 saturated heterocycles. The van der Waals surface area contributed by atoms with Crippen LogP contribution in [0.3, 0.4) is 0 Å². The second-order valence-corrected chi connectivity index (χ2v) is 7.89. The maximum absolute atomic E-state index is 9.08. The Balaban J connectivity index is 0.000000185. The molecule has 5 nitrogen and oxygen atoms in total. The molecule has 3 aromatic carbocycles. The molecule has 3 heterocycles. The van der Waals surface area contributed by atoms with Crippen LogP contribution in [0.25, 0.3) is 38.6 Å². The van der Waals surface area contributed by atoms with Crippen LogP contribution in [0.15, 0.2) is 91.4 Å². The Labute approximate surface area is 223 Å². The molecule has 0 fully saturated rings. The van der Waals surface area contributed by atoms with Crippen LogP contribution in [0.1, 0.15) is 11.1 Å². The Kier molecular flexibility index (Phi) is 7.83. The first-order valence-corrected chi connectivity index (χ1v) is 11.1. The molecule has 1 aliphatic heterocycles. The van der Waals surface area contributed by atoms with Crippen molar-refractivity contribution >= 4 is 5.69 Å². The van der Waals surface area contributed by atoms with Crippen LogP contribution in [0, 0.1) is 30.0 Å². The van der Waals surface area contributed by atoms with E-state index in [1.54, 1.807) is 18.3 Å². The number of rotatable bonds is 2. The Hall–Kier alpha value is -4.35. The van der Waals surface area contributed by atoms with Gasteiger partial charge in [-0.1, -0.05) is 48.0 Å². The summed E-state index contributed by atoms with van der Waals surface area (Å²) in [5.74, 6) is 1.06. The normalized spacial score (nSPS) is 10.8. The standard InChI is InChI=1S/C19H10N3.C11H9N2.Ir/c1-21-18-10-9-14(13-20)12-17(18)19-16(8-5-11-22-19)15-6-3-2-4-7-15;1-2-4-10-9(3-1)5-7-13-8-6-12-11(10)13;/h2-11H;1-3,6,8H,5,7H2;/q2*-1;. The number of imidazole rings is 1. The van der Waals surface area contributed by atoms with Crippen LogP contribution in [0.5, 0.6) is 0 Å². The maximum Gasteiger partial charge on any atom is 0.253 e. The van der Waals surface area contributed by atoms with Crippen LogP contribution in [0.4, 0.5) is 5.69 Å². The van der Waals surface area contributed by atoms with Crippen LogP contribution in [-0.2, 0) is 33.1 Å². The van der Waals surface area contributed by atoms with Crippen molar-refractivity contribution in [1.82, 2.24) is 14.5 Å². The van der Waals surface area contributed by atoms with Gasteiger partial charge in [-0.15, -0.1) is 41.5 Å². The zero-order valence-electron chi connectivity index (χ0n) is 19.1. The fraction of sp³-hybridized carbons (Fsp3) is 0.0667. The van der Waals surface area contributed by atoms with E-state index in [0.29, 0.717) is 22.5 Å². The number of aryl methyl sites for hydroxylation is 2. The smallest absolute Gasteiger partial charge is 0.253 e. The van der Waals surface area contributed by atoms with Gasteiger partial charge < -0.3 is 4.57 Å². The van der Waals surface area contributed by atoms with Crippen LogP contribution >= 0.6 is 0 Å². The van der Waals surface area contributed by atoms with Gasteiger partial charge in [0.05, 0.1) is 5.82 Å². The minimum atomic E-state index is 0. The van der Waals surface area contributed by atoms with E-state index in [1.807, 2.05) is 67.0 Å². The first kappa shape index (κ1) is 24.8. The van der Waals surface area contributed by atoms with Crippen molar-refractivity contribution in [2.45, 2.75) is 13.0 Å². The fourth-order valence-electron chi connectivity index (χ4n) is 4.13. The molecule has 6 rings (SSSR count). The predicted octanol–water partition coefficient (Wildman–Crippen LogP) is 6.54. The number of aromatic nitrogens is 3. The number of fused-ring (bicyclic) bond motifs is 3. The molecule has 0 spiro atoms. The summed E-state index contributed by atoms with van der Waals surface area (Å²) in [5.41, 5.74) is 6.52. The molecule has 0 saturated carbocycles. The molecule has 36 heavy (non-hydrogen) atoms. The summed E-state index contributed by atoms with van der Waals surface area (Å²) in [6.45, 7) is 8.37. The van der Waals surface area contributed by atoms with Gasteiger partial charge in [-0.3, -0.25) is 9.97 Å². The average molecular weight is 642 g/mol. The molecule has 0 atom stereocenters. The summed E-state index contributed by atoms with van der Waals surface area (Å²) in [4.78, 5) is 12.3. The number of nitrogens with zero attached hydrogens (tertiary/aromatic N) is 5. The Morgan fingerprint density at radius 1 is 0.944 bits per heavy atom. The predicted molar refractivity (Wildman–Crippen MR) is 135 cm³/mol. The first-order valence-electron chi connectivity index (χ1n) is 11.1. The summed E-state index contributed by atoms with van der Waals surface area (Å²) in [5, 5.41) is 9.08. The van der Waals surface area contributed by atoms with Crippen molar-refractivity contribution in [1.29, 1.82) is 5.26 Å². The van der Waals surface area contributed by atoms with Gasteiger partial charge >= 0.3 is 0 Å². The van der Waals surface area contributed by atoms with E-state index in [9.17, 15) is 0 Å². The SMILES string of the molecule is [C-]#[N+]c1ccc(C#N)[c-]c1-c1ncccc1-c1ccccc1.[Ir].[c-]1cccc2c1-c1nccn1CC2. The van der Waals surface area contributed by atoms with Crippen molar-refractivity contribution in [2.24, 2.45) is 0 Å². The molecular formula is C30H19IrN5-2. The van der Waals surface area contributed by atoms with E-state index >= 15 is 0 Å². The Bertz CT molecular complexity index is 1580. The minimum absolute atomic E-state index is 0. The van der Waals surface area contributed by atoms with Gasteiger partial charge in [0.25, 0.3) is 5.69 Å². The quantitative estimate of drug-likeness (QED) is 0.206. The molecule has 6 heteroatoms. The summed E-state index contributed by atoms with van der Waals surface area (Å²) in [6, 6.07) is 31.4. The number of hydrogen-bond donors (Lipinski definition) is 0. The molecule has 0 bridgehead atoms. The summed E-state index contributed by atoms with van der Waals surface area (Å²) in [6.07, 6.45) is 6.66. The summed E-state index contributed by atoms with van der Waals surface area (Å²) >= 11 is 0. The third-order valence-electron chi connectivity index (χ3n) is 5.80. The van der Waals surface area contributed by atoms with Crippen molar-refractivity contribution in [3.8, 4) is 39.8 Å². The number of nitriles is 1. The molecule has 0 amide bonds. The zero-order valence-corrected chi connectivity index (χ0v) is 21.5. The minimum Gasteiger partial charge on any atom is -0.371 e. The Morgan fingerprint density at radius 3 is 2.61 bits per heavy atom. The molecule has 0 aliphatic carbocycles. The van der Waals surface area contributed by atoms with Gasteiger partial charge in [0.1, 0.15) is 6.57 Å².